The number of benzene rings is 1. The predicted octanol–water partition coefficient (Wildman–Crippen LogP) is 6.55. The monoisotopic (exact) mass is 767 g/mol. The first-order valence-corrected chi connectivity index (χ1v) is 20.4. The van der Waals surface area contributed by atoms with Crippen LogP contribution in [-0.2, 0) is 30.4 Å². The van der Waals surface area contributed by atoms with Crippen molar-refractivity contribution < 1.29 is 34.2 Å². The number of nitrogens with one attached hydrogen (secondary N) is 3. The molecule has 1 aromatic rings. The Bertz CT molecular complexity index is 1350. The van der Waals surface area contributed by atoms with Gasteiger partial charge in [-0.25, -0.2) is 0 Å². The van der Waals surface area contributed by atoms with Crippen molar-refractivity contribution in [2.75, 3.05) is 19.6 Å². The summed E-state index contributed by atoms with van der Waals surface area (Å²) in [5.41, 5.74) is 8.21. The van der Waals surface area contributed by atoms with Crippen molar-refractivity contribution in [3.05, 3.63) is 72.4 Å². The highest BCUT2D eigenvalue weighted by atomic mass is 16.4. The van der Waals surface area contributed by atoms with Crippen molar-refractivity contribution >= 4 is 29.6 Å². The third kappa shape index (κ3) is 23.3. The summed E-state index contributed by atoms with van der Waals surface area (Å²) in [5, 5.41) is 29.0. The van der Waals surface area contributed by atoms with Crippen LogP contribution in [0.4, 0.5) is 0 Å². The van der Waals surface area contributed by atoms with E-state index in [9.17, 15) is 29.1 Å². The fraction of sp³-hybridized carbons (Fsp3) is 0.614. The third-order valence-corrected chi connectivity index (χ3v) is 9.94. The normalized spacial score (nSPS) is 14.4. The highest BCUT2D eigenvalue weighted by molar-refractivity contribution is 5.84. The lowest BCUT2D eigenvalue weighted by Crippen LogP contribution is -2.40. The largest absolute Gasteiger partial charge is 0.481 e. The Morgan fingerprint density at radius 3 is 1.98 bits per heavy atom. The number of unbranched alkanes of at least 4 members (excludes halogenated alkanes) is 4. The van der Waals surface area contributed by atoms with Crippen LogP contribution in [0.5, 0.6) is 0 Å². The molecule has 0 radical (unpaired) electrons. The minimum absolute atomic E-state index is 0.0685. The Kier molecular flexibility index (Phi) is 26.6. The average molecular weight is 767 g/mol. The number of carbonyl (C=O) groups is 5. The first kappa shape index (κ1) is 48.8. The van der Waals surface area contributed by atoms with Crippen LogP contribution in [0, 0.1) is 23.7 Å². The summed E-state index contributed by atoms with van der Waals surface area (Å²) < 4.78 is 0. The average Bonchev–Trinajstić information content (AvgIpc) is 3.16. The first-order chi connectivity index (χ1) is 26.4. The van der Waals surface area contributed by atoms with Crippen LogP contribution in [-0.4, -0.2) is 65.5 Å². The summed E-state index contributed by atoms with van der Waals surface area (Å²) in [4.78, 5) is 64.1. The molecule has 1 rings (SSSR count). The number of amides is 4. The molecule has 4 amide bonds. The minimum Gasteiger partial charge on any atom is -0.481 e. The number of rotatable bonds is 32. The molecule has 0 heterocycles. The molecule has 0 aliphatic heterocycles. The van der Waals surface area contributed by atoms with E-state index in [1.807, 2.05) is 62.4 Å². The van der Waals surface area contributed by atoms with Crippen LogP contribution in [0.1, 0.15) is 123 Å². The molecule has 0 aromatic heterocycles. The Labute approximate surface area is 330 Å². The molecule has 0 aliphatic carbocycles. The number of aliphatic hydroxyl groups excluding tert-OH is 1. The van der Waals surface area contributed by atoms with Gasteiger partial charge in [0, 0.05) is 49.7 Å². The lowest BCUT2D eigenvalue weighted by atomic mass is 9.80. The van der Waals surface area contributed by atoms with Crippen LogP contribution in [0.15, 0.2) is 66.8 Å². The molecule has 4 unspecified atom stereocenters. The molecule has 11 nitrogen and oxygen atoms in total. The number of carboxylic acids is 1. The van der Waals surface area contributed by atoms with Gasteiger partial charge in [0.15, 0.2) is 0 Å². The topological polar surface area (TPSA) is 188 Å². The highest BCUT2D eigenvalue weighted by Gasteiger charge is 2.33. The molecule has 11 heteroatoms. The number of hydrogen-bond acceptors (Lipinski definition) is 6. The first-order valence-electron chi connectivity index (χ1n) is 20.4. The van der Waals surface area contributed by atoms with Gasteiger partial charge in [-0.1, -0.05) is 99.9 Å². The maximum absolute atomic E-state index is 13.9. The summed E-state index contributed by atoms with van der Waals surface area (Å²) in [5.74, 6) is -4.95. The maximum Gasteiger partial charge on any atom is 0.303 e. The van der Waals surface area contributed by atoms with Crippen LogP contribution in [0.2, 0.25) is 0 Å². The molecule has 5 atom stereocenters. The Morgan fingerprint density at radius 2 is 1.36 bits per heavy atom. The number of allylic oxidation sites excluding steroid dienone is 5. The molecule has 1 aromatic carbocycles. The lowest BCUT2D eigenvalue weighted by molar-refractivity contribution is -0.137. The molecule has 0 saturated heterocycles. The van der Waals surface area contributed by atoms with E-state index < -0.39 is 41.7 Å². The molecule has 0 spiro atoms. The van der Waals surface area contributed by atoms with E-state index in [0.717, 1.165) is 50.5 Å². The summed E-state index contributed by atoms with van der Waals surface area (Å²) in [6.07, 6.45) is 15.3. The number of carboxylic acid groups (broad SMARTS) is 1. The second-order valence-corrected chi connectivity index (χ2v) is 14.7. The summed E-state index contributed by atoms with van der Waals surface area (Å²) >= 11 is 0. The minimum atomic E-state index is -0.830. The maximum atomic E-state index is 13.9. The van der Waals surface area contributed by atoms with Gasteiger partial charge in [-0.2, -0.15) is 0 Å². The zero-order valence-electron chi connectivity index (χ0n) is 33.7. The number of nitrogens with two attached hydrogens (primary N) is 1. The molecular formula is C44H70N4O7. The molecule has 0 aliphatic rings. The van der Waals surface area contributed by atoms with Gasteiger partial charge in [0.1, 0.15) is 0 Å². The van der Waals surface area contributed by atoms with Gasteiger partial charge in [0.05, 0.1) is 6.10 Å². The third-order valence-electron chi connectivity index (χ3n) is 9.94. The number of hydrogen-bond donors (Lipinski definition) is 6. The van der Waals surface area contributed by atoms with E-state index in [2.05, 4.69) is 22.5 Å². The highest BCUT2D eigenvalue weighted by Crippen LogP contribution is 2.29. The predicted molar refractivity (Wildman–Crippen MR) is 220 cm³/mol. The summed E-state index contributed by atoms with van der Waals surface area (Å²) in [7, 11) is 0. The van der Waals surface area contributed by atoms with E-state index >= 15 is 0 Å². The van der Waals surface area contributed by atoms with Crippen LogP contribution < -0.4 is 21.7 Å². The Balaban J connectivity index is 3.18. The van der Waals surface area contributed by atoms with Gasteiger partial charge in [-0.3, -0.25) is 24.0 Å². The van der Waals surface area contributed by atoms with E-state index in [1.165, 1.54) is 5.57 Å². The molecule has 308 valence electrons. The molecule has 55 heavy (non-hydrogen) atoms. The second kappa shape index (κ2) is 30.0. The van der Waals surface area contributed by atoms with Crippen molar-refractivity contribution in [3.63, 3.8) is 0 Å². The molecule has 0 fully saturated rings. The fourth-order valence-electron chi connectivity index (χ4n) is 6.67. The second-order valence-electron chi connectivity index (χ2n) is 14.7. The number of aryl methyl sites for hydroxylation is 1. The van der Waals surface area contributed by atoms with E-state index in [0.29, 0.717) is 45.3 Å². The smallest absolute Gasteiger partial charge is 0.303 e. The Morgan fingerprint density at radius 1 is 0.764 bits per heavy atom. The molecule has 0 bridgehead atoms. The van der Waals surface area contributed by atoms with Gasteiger partial charge in [-0.15, -0.1) is 0 Å². The molecule has 7 N–H and O–H groups in total. The number of aliphatic hydroxyl groups is 1. The van der Waals surface area contributed by atoms with Gasteiger partial charge in [0.25, 0.3) is 0 Å². The van der Waals surface area contributed by atoms with Crippen molar-refractivity contribution in [1.82, 2.24) is 16.0 Å². The van der Waals surface area contributed by atoms with Crippen LogP contribution in [0.3, 0.4) is 0 Å². The van der Waals surface area contributed by atoms with Gasteiger partial charge in [-0.05, 0) is 89.5 Å². The van der Waals surface area contributed by atoms with E-state index in [-0.39, 0.29) is 49.8 Å². The standard InChI is InChI=1S/C44H70N4O7/c1-5-8-19-34(7-3)20-16-17-27-47-43(54)37(30-36(41(45)52)29-33(4)42(53)46-26-6-2)31-38(32-39(49)24-14-9-10-15-25-40(50)51)44(55)48-28-18-23-35-21-12-11-13-22-35/h5,7-8,11-13,19,21-22,33,36-39,49H,1,6,9-10,14-18,20,23-32H2,2-4H3,(H2,45,52)(H,46,53)(H,47,54)(H,48,55)(H,50,51)/b19-8-,34-7+/t33?,36?,37?,38?,39-/m1/s1. The van der Waals surface area contributed by atoms with Gasteiger partial charge < -0.3 is 31.9 Å². The zero-order valence-corrected chi connectivity index (χ0v) is 33.7. The quantitative estimate of drug-likeness (QED) is 0.0354. The van der Waals surface area contributed by atoms with Crippen molar-refractivity contribution in [3.8, 4) is 0 Å². The SMILES string of the molecule is C=C/C=C\C(=C/C)CCCCNC(=O)C(CC(CC(C)C(=O)NCCC)C(N)=O)CC(C[C@H](O)CCCCCCC(=O)O)C(=O)NCCCc1ccccc1. The van der Waals surface area contributed by atoms with Crippen LogP contribution >= 0.6 is 0 Å². The number of primary amides is 1. The van der Waals surface area contributed by atoms with E-state index in [4.69, 9.17) is 10.8 Å². The number of aliphatic carboxylic acids is 1. The zero-order chi connectivity index (χ0) is 40.8. The summed E-state index contributed by atoms with van der Waals surface area (Å²) in [6, 6.07) is 9.98. The lowest BCUT2D eigenvalue weighted by Gasteiger charge is -2.27. The van der Waals surface area contributed by atoms with Crippen LogP contribution in [0.25, 0.3) is 0 Å². The van der Waals surface area contributed by atoms with Gasteiger partial charge >= 0.3 is 5.97 Å². The fourth-order valence-corrected chi connectivity index (χ4v) is 6.67. The van der Waals surface area contributed by atoms with Gasteiger partial charge in [0.2, 0.25) is 23.6 Å². The van der Waals surface area contributed by atoms with Crippen molar-refractivity contribution in [2.24, 2.45) is 29.4 Å². The van der Waals surface area contributed by atoms with E-state index in [1.54, 1.807) is 13.0 Å². The van der Waals surface area contributed by atoms with Crippen molar-refractivity contribution in [1.29, 1.82) is 0 Å². The molecule has 0 saturated carbocycles. The van der Waals surface area contributed by atoms with Crippen molar-refractivity contribution in [2.45, 2.75) is 130 Å². The summed E-state index contributed by atoms with van der Waals surface area (Å²) in [6.45, 7) is 10.7. The molecular weight excluding hydrogens is 697 g/mol. The number of carbonyl (C=O) groups excluding carboxylic acids is 4. The Hall–Kier alpha value is -4.25.